The first-order chi connectivity index (χ1) is 12.0. The van der Waals surface area contributed by atoms with E-state index in [0.717, 1.165) is 11.1 Å². The summed E-state index contributed by atoms with van der Waals surface area (Å²) in [5.41, 5.74) is 0.0186. The number of carbonyl (C=O) groups is 1. The number of imidazole rings is 1. The zero-order chi connectivity index (χ0) is 18.0. The molecule has 2 heterocycles. The second-order valence-corrected chi connectivity index (χ2v) is 6.87. The van der Waals surface area contributed by atoms with E-state index >= 15 is 0 Å². The van der Waals surface area contributed by atoms with Crippen molar-refractivity contribution in [3.8, 4) is 0 Å². The highest BCUT2D eigenvalue weighted by Gasteiger charge is 2.16. The van der Waals surface area contributed by atoms with E-state index in [1.807, 2.05) is 0 Å². The molecule has 0 bridgehead atoms. The molecule has 0 spiro atoms. The Morgan fingerprint density at radius 1 is 1.24 bits per heavy atom. The molecule has 25 heavy (non-hydrogen) atoms. The van der Waals surface area contributed by atoms with Crippen LogP contribution in [0.3, 0.4) is 0 Å². The number of aryl methyl sites for hydroxylation is 2. The molecular weight excluding hydrogens is 322 g/mol. The van der Waals surface area contributed by atoms with Crippen LogP contribution in [-0.4, -0.2) is 31.1 Å². The van der Waals surface area contributed by atoms with Crippen molar-refractivity contribution in [3.05, 3.63) is 27.2 Å². The van der Waals surface area contributed by atoms with E-state index in [1.165, 1.54) is 37.3 Å². The summed E-state index contributed by atoms with van der Waals surface area (Å²) in [6, 6.07) is 0. The maximum Gasteiger partial charge on any atom is 0.332 e. The molecule has 0 unspecified atom stereocenters. The summed E-state index contributed by atoms with van der Waals surface area (Å²) in [6.07, 6.45) is 7.55. The molecule has 8 heteroatoms. The first kappa shape index (κ1) is 17.4. The van der Waals surface area contributed by atoms with Crippen LogP contribution in [0.15, 0.2) is 15.9 Å². The smallest absolute Gasteiger partial charge is 0.332 e. The Kier molecular flexibility index (Phi) is 5.06. The largest absolute Gasteiger partial charge is 0.356 e. The fourth-order valence-electron chi connectivity index (χ4n) is 3.54. The first-order valence-corrected chi connectivity index (χ1v) is 8.86. The molecule has 0 aliphatic heterocycles. The number of nitrogens with one attached hydrogen (secondary N) is 1. The second-order valence-electron chi connectivity index (χ2n) is 6.87. The predicted molar refractivity (Wildman–Crippen MR) is 94.4 cm³/mol. The minimum absolute atomic E-state index is 0.0524. The van der Waals surface area contributed by atoms with Gasteiger partial charge in [-0.2, -0.15) is 0 Å². The summed E-state index contributed by atoms with van der Waals surface area (Å²) in [4.78, 5) is 40.4. The van der Waals surface area contributed by atoms with Crippen LogP contribution in [0.1, 0.15) is 38.5 Å². The molecule has 0 aromatic carbocycles. The molecule has 0 atom stereocenters. The highest BCUT2D eigenvalue weighted by Crippen LogP contribution is 2.23. The summed E-state index contributed by atoms with van der Waals surface area (Å²) in [5.74, 6) is 0.683. The number of carbonyl (C=O) groups excluding carboxylic acids is 1. The van der Waals surface area contributed by atoms with E-state index in [1.54, 1.807) is 17.9 Å². The molecule has 2 aromatic rings. The Morgan fingerprint density at radius 3 is 2.68 bits per heavy atom. The minimum Gasteiger partial charge on any atom is -0.356 e. The van der Waals surface area contributed by atoms with Crippen LogP contribution in [0.5, 0.6) is 0 Å². The van der Waals surface area contributed by atoms with Crippen molar-refractivity contribution in [1.29, 1.82) is 0 Å². The zero-order valence-corrected chi connectivity index (χ0v) is 14.8. The molecule has 3 rings (SSSR count). The average Bonchev–Trinajstić information content (AvgIpc) is 3.26. The normalized spacial score (nSPS) is 15.1. The van der Waals surface area contributed by atoms with Gasteiger partial charge >= 0.3 is 5.69 Å². The molecule has 1 amide bonds. The van der Waals surface area contributed by atoms with Gasteiger partial charge < -0.3 is 9.88 Å². The molecule has 136 valence electrons. The van der Waals surface area contributed by atoms with Gasteiger partial charge in [0.05, 0.1) is 6.33 Å². The molecule has 0 radical (unpaired) electrons. The number of hydrogen-bond acceptors (Lipinski definition) is 4. The Hall–Kier alpha value is -2.38. The lowest BCUT2D eigenvalue weighted by atomic mass is 10.1. The van der Waals surface area contributed by atoms with Crippen LogP contribution in [0.2, 0.25) is 0 Å². The maximum atomic E-state index is 12.3. The third kappa shape index (κ3) is 3.52. The highest BCUT2D eigenvalue weighted by molar-refractivity contribution is 5.75. The average molecular weight is 347 g/mol. The maximum absolute atomic E-state index is 12.3. The van der Waals surface area contributed by atoms with Gasteiger partial charge in [0.1, 0.15) is 0 Å². The van der Waals surface area contributed by atoms with Crippen LogP contribution in [-0.2, 0) is 25.4 Å². The Morgan fingerprint density at radius 2 is 1.96 bits per heavy atom. The lowest BCUT2D eigenvalue weighted by molar-refractivity contribution is -0.121. The molecule has 0 saturated heterocycles. The fourth-order valence-corrected chi connectivity index (χ4v) is 3.54. The minimum atomic E-state index is -0.394. The van der Waals surface area contributed by atoms with Gasteiger partial charge in [0, 0.05) is 33.6 Å². The number of aromatic nitrogens is 4. The monoisotopic (exact) mass is 347 g/mol. The van der Waals surface area contributed by atoms with E-state index in [4.69, 9.17) is 0 Å². The van der Waals surface area contributed by atoms with Gasteiger partial charge in [-0.25, -0.2) is 9.78 Å². The highest BCUT2D eigenvalue weighted by atomic mass is 16.2. The van der Waals surface area contributed by atoms with Crippen LogP contribution in [0.4, 0.5) is 0 Å². The van der Waals surface area contributed by atoms with Gasteiger partial charge in [0.25, 0.3) is 5.56 Å². The molecule has 1 saturated carbocycles. The fraction of sp³-hybridized carbons (Fsp3) is 0.647. The third-order valence-corrected chi connectivity index (χ3v) is 5.08. The second kappa shape index (κ2) is 7.25. The molecule has 2 aromatic heterocycles. The van der Waals surface area contributed by atoms with Gasteiger partial charge in [-0.05, 0) is 25.2 Å². The van der Waals surface area contributed by atoms with E-state index in [-0.39, 0.29) is 11.5 Å². The van der Waals surface area contributed by atoms with Crippen LogP contribution >= 0.6 is 0 Å². The quantitative estimate of drug-likeness (QED) is 0.825. The van der Waals surface area contributed by atoms with Crippen molar-refractivity contribution in [2.24, 2.45) is 20.0 Å². The summed E-state index contributed by atoms with van der Waals surface area (Å²) in [7, 11) is 3.05. The topological polar surface area (TPSA) is 90.9 Å². The number of nitrogens with zero attached hydrogens (tertiary/aromatic N) is 4. The Bertz CT molecular complexity index is 886. The lowest BCUT2D eigenvalue weighted by Crippen LogP contribution is -2.37. The molecule has 1 fully saturated rings. The van der Waals surface area contributed by atoms with Crippen molar-refractivity contribution >= 4 is 17.1 Å². The molecule has 1 N–H and O–H groups in total. The summed E-state index contributed by atoms with van der Waals surface area (Å²) in [6.45, 7) is 1.29. The molecule has 8 nitrogen and oxygen atoms in total. The predicted octanol–water partition coefficient (Wildman–Crippen LogP) is 0.520. The van der Waals surface area contributed by atoms with E-state index in [2.05, 4.69) is 10.3 Å². The van der Waals surface area contributed by atoms with Crippen molar-refractivity contribution in [2.75, 3.05) is 6.54 Å². The first-order valence-electron chi connectivity index (χ1n) is 8.86. The third-order valence-electron chi connectivity index (χ3n) is 5.08. The number of rotatable bonds is 6. The van der Waals surface area contributed by atoms with Crippen molar-refractivity contribution in [2.45, 2.75) is 45.1 Å². The molecule has 1 aliphatic carbocycles. The number of amides is 1. The summed E-state index contributed by atoms with van der Waals surface area (Å²) >= 11 is 0. The summed E-state index contributed by atoms with van der Waals surface area (Å²) < 4.78 is 4.16. The van der Waals surface area contributed by atoms with Crippen LogP contribution in [0, 0.1) is 5.92 Å². The zero-order valence-electron chi connectivity index (χ0n) is 14.8. The van der Waals surface area contributed by atoms with Gasteiger partial charge in [-0.1, -0.05) is 12.8 Å². The van der Waals surface area contributed by atoms with Crippen molar-refractivity contribution < 1.29 is 4.79 Å². The Balaban J connectivity index is 1.61. The van der Waals surface area contributed by atoms with E-state index in [9.17, 15) is 14.4 Å². The van der Waals surface area contributed by atoms with Gasteiger partial charge in [0.15, 0.2) is 11.2 Å². The summed E-state index contributed by atoms with van der Waals surface area (Å²) in [5, 5.41) is 3.00. The number of fused-ring (bicyclic) bond motifs is 1. The molecular formula is C17H25N5O3. The van der Waals surface area contributed by atoms with Crippen molar-refractivity contribution in [1.82, 2.24) is 24.0 Å². The molecule has 1 aliphatic rings. The van der Waals surface area contributed by atoms with Crippen LogP contribution < -0.4 is 16.6 Å². The number of hydrogen-bond donors (Lipinski definition) is 1. The van der Waals surface area contributed by atoms with Gasteiger partial charge in [-0.3, -0.25) is 18.7 Å². The lowest BCUT2D eigenvalue weighted by Gasteiger charge is -2.11. The van der Waals surface area contributed by atoms with Crippen LogP contribution in [0.25, 0.3) is 11.2 Å². The van der Waals surface area contributed by atoms with Gasteiger partial charge in [-0.15, -0.1) is 0 Å². The standard InChI is InChI=1S/C17H25N5O3/c1-20-15-14(16(24)21(2)17(20)25)22(11-19-15)9-5-8-13(23)18-10-12-6-3-4-7-12/h11-12H,3-10H2,1-2H3,(H,18,23). The van der Waals surface area contributed by atoms with E-state index in [0.29, 0.717) is 36.5 Å². The van der Waals surface area contributed by atoms with Gasteiger partial charge in [0.2, 0.25) is 5.91 Å². The van der Waals surface area contributed by atoms with Crippen molar-refractivity contribution in [3.63, 3.8) is 0 Å². The SMILES string of the molecule is Cn1c(=O)c2c(ncn2CCCC(=O)NCC2CCCC2)n(C)c1=O. The Labute approximate surface area is 145 Å². The van der Waals surface area contributed by atoms with E-state index < -0.39 is 5.69 Å².